The van der Waals surface area contributed by atoms with Crippen molar-refractivity contribution >= 4 is 23.5 Å². The molecule has 0 spiro atoms. The van der Waals surface area contributed by atoms with E-state index in [0.717, 1.165) is 0 Å². The van der Waals surface area contributed by atoms with Gasteiger partial charge in [-0.15, -0.1) is 11.8 Å². The number of aliphatic imine (C=N–C) groups is 1. The molecule has 16 heavy (non-hydrogen) atoms. The first kappa shape index (κ1) is 11.1. The molecule has 0 aromatic heterocycles. The first-order valence-electron chi connectivity index (χ1n) is 4.91. The van der Waals surface area contributed by atoms with Crippen molar-refractivity contribution in [2.45, 2.75) is 17.9 Å². The van der Waals surface area contributed by atoms with E-state index in [2.05, 4.69) is 10.3 Å². The topological polar surface area (TPSA) is 41.5 Å². The van der Waals surface area contributed by atoms with Gasteiger partial charge in [-0.3, -0.25) is 9.79 Å². The van der Waals surface area contributed by atoms with Crippen LogP contribution in [0.5, 0.6) is 0 Å². The molecule has 84 valence electrons. The van der Waals surface area contributed by atoms with Crippen LogP contribution in [0.3, 0.4) is 0 Å². The summed E-state index contributed by atoms with van der Waals surface area (Å²) in [6.07, 6.45) is 0. The Labute approximate surface area is 97.1 Å². The van der Waals surface area contributed by atoms with Crippen LogP contribution in [0, 0.1) is 5.82 Å². The maximum absolute atomic E-state index is 13.3. The first-order chi connectivity index (χ1) is 7.66. The molecule has 0 saturated heterocycles. The zero-order valence-corrected chi connectivity index (χ0v) is 9.55. The Kier molecular flexibility index (Phi) is 3.24. The third-order valence-electron chi connectivity index (χ3n) is 2.20. The second-order valence-corrected chi connectivity index (χ2v) is 4.48. The molecule has 1 aliphatic rings. The average Bonchev–Trinajstić information content (AvgIpc) is 2.57. The van der Waals surface area contributed by atoms with Crippen molar-refractivity contribution in [2.24, 2.45) is 4.99 Å². The van der Waals surface area contributed by atoms with E-state index in [-0.39, 0.29) is 17.8 Å². The van der Waals surface area contributed by atoms with Crippen molar-refractivity contribution < 1.29 is 9.18 Å². The zero-order chi connectivity index (χ0) is 11.5. The molecule has 0 bridgehead atoms. The second-order valence-electron chi connectivity index (χ2n) is 3.46. The van der Waals surface area contributed by atoms with Crippen LogP contribution in [0.4, 0.5) is 4.39 Å². The Hall–Kier alpha value is -1.36. The highest BCUT2D eigenvalue weighted by atomic mass is 32.2. The van der Waals surface area contributed by atoms with E-state index in [1.54, 1.807) is 25.1 Å². The van der Waals surface area contributed by atoms with E-state index in [9.17, 15) is 9.18 Å². The zero-order valence-electron chi connectivity index (χ0n) is 8.74. The predicted molar refractivity (Wildman–Crippen MR) is 62.2 cm³/mol. The number of nitrogens with one attached hydrogen (secondary N) is 1. The van der Waals surface area contributed by atoms with E-state index in [1.165, 1.54) is 17.8 Å². The van der Waals surface area contributed by atoms with Crippen LogP contribution in [0.1, 0.15) is 6.92 Å². The monoisotopic (exact) mass is 238 g/mol. The molecule has 1 atom stereocenters. The number of carbonyl (C=O) groups excluding carboxylic acids is 1. The molecule has 0 saturated carbocycles. The first-order valence-corrected chi connectivity index (χ1v) is 5.90. The fourth-order valence-electron chi connectivity index (χ4n) is 1.35. The van der Waals surface area contributed by atoms with E-state index in [1.807, 2.05) is 0 Å². The molecular weight excluding hydrogens is 227 g/mol. The summed E-state index contributed by atoms with van der Waals surface area (Å²) in [6, 6.07) is 6.23. The molecule has 5 heteroatoms. The van der Waals surface area contributed by atoms with Crippen LogP contribution in [0.2, 0.25) is 0 Å². The number of halogens is 1. The molecule has 0 radical (unpaired) electrons. The van der Waals surface area contributed by atoms with Gasteiger partial charge in [0.25, 0.3) is 0 Å². The lowest BCUT2D eigenvalue weighted by Gasteiger charge is -2.02. The van der Waals surface area contributed by atoms with Gasteiger partial charge in [0.15, 0.2) is 0 Å². The molecule has 2 rings (SSSR count). The summed E-state index contributed by atoms with van der Waals surface area (Å²) in [6.45, 7) is 1.73. The second kappa shape index (κ2) is 4.65. The molecular formula is C11H11FN2OS. The Balaban J connectivity index is 1.96. The normalized spacial score (nSPS) is 19.5. The van der Waals surface area contributed by atoms with E-state index < -0.39 is 0 Å². The summed E-state index contributed by atoms with van der Waals surface area (Å²) in [4.78, 5) is 15.8. The highest BCUT2D eigenvalue weighted by molar-refractivity contribution is 8.00. The summed E-state index contributed by atoms with van der Waals surface area (Å²) in [7, 11) is 0. The molecule has 3 nitrogen and oxygen atoms in total. The fraction of sp³-hybridized carbons (Fsp3) is 0.273. The minimum Gasteiger partial charge on any atom is -0.312 e. The number of nitrogens with zero attached hydrogens (tertiary/aromatic N) is 1. The van der Waals surface area contributed by atoms with Gasteiger partial charge < -0.3 is 5.32 Å². The van der Waals surface area contributed by atoms with Crippen LogP contribution in [0.25, 0.3) is 0 Å². The van der Waals surface area contributed by atoms with Gasteiger partial charge in [0.2, 0.25) is 5.91 Å². The maximum atomic E-state index is 13.3. The van der Waals surface area contributed by atoms with E-state index >= 15 is 0 Å². The average molecular weight is 238 g/mol. The Morgan fingerprint density at radius 2 is 2.25 bits per heavy atom. The third kappa shape index (κ3) is 2.41. The van der Waals surface area contributed by atoms with Crippen LogP contribution in [-0.4, -0.2) is 23.5 Å². The number of thioether (sulfide) groups is 1. The smallest absolute Gasteiger partial charge is 0.249 e. The molecule has 1 aliphatic heterocycles. The quantitative estimate of drug-likeness (QED) is 0.816. The molecule has 0 aliphatic carbocycles. The van der Waals surface area contributed by atoms with Gasteiger partial charge in [0, 0.05) is 4.90 Å². The van der Waals surface area contributed by atoms with Crippen LogP contribution in [0.15, 0.2) is 34.2 Å². The van der Waals surface area contributed by atoms with Crippen LogP contribution >= 0.6 is 11.8 Å². The Morgan fingerprint density at radius 1 is 1.50 bits per heavy atom. The van der Waals surface area contributed by atoms with Gasteiger partial charge in [-0.2, -0.15) is 0 Å². The van der Waals surface area contributed by atoms with Crippen molar-refractivity contribution in [3.63, 3.8) is 0 Å². The largest absolute Gasteiger partial charge is 0.312 e. The third-order valence-corrected chi connectivity index (χ3v) is 3.26. The molecule has 1 amide bonds. The van der Waals surface area contributed by atoms with E-state index in [0.29, 0.717) is 16.5 Å². The lowest BCUT2D eigenvalue weighted by atomic mass is 10.3. The SMILES string of the molecule is CC1N=C(CSc2ccccc2F)NC1=O. The van der Waals surface area contributed by atoms with Gasteiger partial charge in [-0.1, -0.05) is 12.1 Å². The number of hydrogen-bond donors (Lipinski definition) is 1. The van der Waals surface area contributed by atoms with Gasteiger partial charge >= 0.3 is 0 Å². The van der Waals surface area contributed by atoms with Crippen molar-refractivity contribution in [1.82, 2.24) is 5.32 Å². The summed E-state index contributed by atoms with van der Waals surface area (Å²) >= 11 is 1.33. The lowest BCUT2D eigenvalue weighted by molar-refractivity contribution is -0.119. The highest BCUT2D eigenvalue weighted by Crippen LogP contribution is 2.21. The number of benzene rings is 1. The summed E-state index contributed by atoms with van der Waals surface area (Å²) < 4.78 is 13.3. The van der Waals surface area contributed by atoms with Crippen molar-refractivity contribution in [3.05, 3.63) is 30.1 Å². The van der Waals surface area contributed by atoms with Gasteiger partial charge in [0.1, 0.15) is 17.7 Å². The van der Waals surface area contributed by atoms with Gasteiger partial charge in [-0.25, -0.2) is 4.39 Å². The van der Waals surface area contributed by atoms with E-state index in [4.69, 9.17) is 0 Å². The summed E-state index contributed by atoms with van der Waals surface area (Å²) in [5.74, 6) is 0.761. The molecule has 1 N–H and O–H groups in total. The Bertz CT molecular complexity index is 447. The lowest BCUT2D eigenvalue weighted by Crippen LogP contribution is -2.28. The maximum Gasteiger partial charge on any atom is 0.249 e. The standard InChI is InChI=1S/C11H11FN2OS/c1-7-11(15)14-10(13-7)6-16-9-5-3-2-4-8(9)12/h2-5,7H,6H2,1H3,(H,13,14,15). The van der Waals surface area contributed by atoms with Crippen LogP contribution < -0.4 is 5.32 Å². The number of carbonyl (C=O) groups is 1. The van der Waals surface area contributed by atoms with Gasteiger partial charge in [-0.05, 0) is 19.1 Å². The molecule has 1 unspecified atom stereocenters. The minimum atomic E-state index is -0.323. The number of amidine groups is 1. The number of rotatable bonds is 3. The van der Waals surface area contributed by atoms with Crippen molar-refractivity contribution in [2.75, 3.05) is 5.75 Å². The van der Waals surface area contributed by atoms with Crippen molar-refractivity contribution in [1.29, 1.82) is 0 Å². The van der Waals surface area contributed by atoms with Gasteiger partial charge in [0.05, 0.1) is 5.75 Å². The number of hydrogen-bond acceptors (Lipinski definition) is 3. The fourth-order valence-corrected chi connectivity index (χ4v) is 2.17. The minimum absolute atomic E-state index is 0.0934. The highest BCUT2D eigenvalue weighted by Gasteiger charge is 2.21. The molecule has 1 aromatic carbocycles. The molecule has 1 heterocycles. The van der Waals surface area contributed by atoms with Crippen LogP contribution in [-0.2, 0) is 4.79 Å². The molecule has 1 aromatic rings. The number of amides is 1. The summed E-state index contributed by atoms with van der Waals surface area (Å²) in [5, 5.41) is 2.66. The van der Waals surface area contributed by atoms with Crippen molar-refractivity contribution in [3.8, 4) is 0 Å². The molecule has 0 fully saturated rings. The summed E-state index contributed by atoms with van der Waals surface area (Å²) in [5.41, 5.74) is 0. The Morgan fingerprint density at radius 3 is 2.88 bits per heavy atom. The predicted octanol–water partition coefficient (Wildman–Crippen LogP) is 1.83.